The van der Waals surface area contributed by atoms with E-state index in [2.05, 4.69) is 35.2 Å². The van der Waals surface area contributed by atoms with Gasteiger partial charge in [0.25, 0.3) is 0 Å². The molecule has 4 nitrogen and oxygen atoms in total. The average Bonchev–Trinajstić information content (AvgIpc) is 3.29. The summed E-state index contributed by atoms with van der Waals surface area (Å²) in [5, 5.41) is 0. The summed E-state index contributed by atoms with van der Waals surface area (Å²) in [6.07, 6.45) is 21.0. The van der Waals surface area contributed by atoms with Crippen molar-refractivity contribution in [1.29, 1.82) is 0 Å². The van der Waals surface area contributed by atoms with Crippen LogP contribution in [0.2, 0.25) is 0 Å². The van der Waals surface area contributed by atoms with E-state index in [4.69, 9.17) is 0 Å². The van der Waals surface area contributed by atoms with Crippen molar-refractivity contribution in [2.24, 2.45) is 0 Å². The second-order valence-electron chi connectivity index (χ2n) is 5.45. The fourth-order valence-electron chi connectivity index (χ4n) is 2.24. The van der Waals surface area contributed by atoms with Crippen LogP contribution in [0, 0.1) is 63.2 Å². The second kappa shape index (κ2) is 15.7. The first kappa shape index (κ1) is 24.5. The van der Waals surface area contributed by atoms with E-state index in [0.29, 0.717) is 12.8 Å². The van der Waals surface area contributed by atoms with Crippen LogP contribution in [0.1, 0.15) is 38.5 Å². The summed E-state index contributed by atoms with van der Waals surface area (Å²) >= 11 is 0. The van der Waals surface area contributed by atoms with Gasteiger partial charge in [-0.05, 0) is 88.9 Å². The summed E-state index contributed by atoms with van der Waals surface area (Å²) in [5.74, 6) is 2.33. The summed E-state index contributed by atoms with van der Waals surface area (Å²) in [6.45, 7) is 0. The van der Waals surface area contributed by atoms with E-state index in [9.17, 15) is 9.59 Å². The molecule has 2 aliphatic rings. The van der Waals surface area contributed by atoms with Crippen molar-refractivity contribution < 1.29 is 36.1 Å². The third-order valence-corrected chi connectivity index (χ3v) is 3.61. The number of carbonyl (C=O) groups excluding carboxylic acids is 2. The van der Waals surface area contributed by atoms with Gasteiger partial charge in [0.05, 0.1) is 14.2 Å². The van der Waals surface area contributed by atoms with Crippen molar-refractivity contribution in [3.63, 3.8) is 0 Å². The van der Waals surface area contributed by atoms with Crippen LogP contribution in [-0.2, 0) is 36.1 Å². The molecule has 0 atom stereocenters. The maximum Gasteiger partial charge on any atom is 2.00 e. The van der Waals surface area contributed by atoms with Gasteiger partial charge in [-0.25, -0.2) is 0 Å². The Morgan fingerprint density at radius 1 is 0.720 bits per heavy atom. The van der Waals surface area contributed by atoms with Gasteiger partial charge >= 0.3 is 29.0 Å². The zero-order valence-electron chi connectivity index (χ0n) is 14.8. The van der Waals surface area contributed by atoms with Crippen molar-refractivity contribution in [1.82, 2.24) is 0 Å². The van der Waals surface area contributed by atoms with E-state index in [1.165, 1.54) is 26.1 Å². The molecule has 2 aliphatic carbocycles. The molecule has 0 spiro atoms. The number of methoxy groups -OCH3 is 2. The Bertz CT molecular complexity index is 314. The standard InChI is InChI=1S/2C10H13O2.Fe/c2*1-12-10(11)8-4-7-9-5-2-3-6-9;/h2*2-3,5-6H,4,7-8H2,1H3;/q;;+2. The van der Waals surface area contributed by atoms with Crippen LogP contribution in [-0.4, -0.2) is 26.2 Å². The Morgan fingerprint density at radius 3 is 1.32 bits per heavy atom. The molecule has 10 radical (unpaired) electrons. The normalized spacial score (nSPS) is 17.4. The molecule has 0 saturated heterocycles. The SMILES string of the molecule is COC(=O)CCC[C]1[CH][CH][CH][CH]1.COC(=O)CCC[C]1[CH][CH][CH][CH]1.[Fe+2]. The van der Waals surface area contributed by atoms with E-state index in [1.54, 1.807) is 0 Å². The van der Waals surface area contributed by atoms with Crippen LogP contribution in [0.4, 0.5) is 0 Å². The first-order valence-electron chi connectivity index (χ1n) is 8.20. The Labute approximate surface area is 164 Å². The Kier molecular flexibility index (Phi) is 15.4. The molecule has 0 aromatic carbocycles. The summed E-state index contributed by atoms with van der Waals surface area (Å²) < 4.78 is 9.06. The summed E-state index contributed by atoms with van der Waals surface area (Å²) in [7, 11) is 2.84. The van der Waals surface area contributed by atoms with E-state index in [0.717, 1.165) is 25.7 Å². The Morgan fingerprint density at radius 2 is 1.04 bits per heavy atom. The third-order valence-electron chi connectivity index (χ3n) is 3.61. The second-order valence-corrected chi connectivity index (χ2v) is 5.45. The Balaban J connectivity index is 0.000000443. The molecule has 2 saturated carbocycles. The van der Waals surface area contributed by atoms with Gasteiger partial charge in [-0.15, -0.1) is 0 Å². The molecule has 0 N–H and O–H groups in total. The van der Waals surface area contributed by atoms with E-state index in [-0.39, 0.29) is 29.0 Å². The molecule has 0 aliphatic heterocycles. The topological polar surface area (TPSA) is 52.6 Å². The predicted molar refractivity (Wildman–Crippen MR) is 92.6 cm³/mol. The molecule has 0 unspecified atom stereocenters. The van der Waals surface area contributed by atoms with Crippen molar-refractivity contribution >= 4 is 11.9 Å². The summed E-state index contributed by atoms with van der Waals surface area (Å²) in [5.41, 5.74) is 0. The summed E-state index contributed by atoms with van der Waals surface area (Å²) in [6, 6.07) is 0. The monoisotopic (exact) mass is 386 g/mol. The molecule has 2 rings (SSSR count). The minimum absolute atomic E-state index is 0. The Hall–Kier alpha value is -0.541. The van der Waals surface area contributed by atoms with E-state index in [1.807, 2.05) is 25.7 Å². The van der Waals surface area contributed by atoms with Gasteiger partial charge in [0.2, 0.25) is 0 Å². The predicted octanol–water partition coefficient (Wildman–Crippen LogP) is 3.47. The number of rotatable bonds is 8. The van der Waals surface area contributed by atoms with Crippen molar-refractivity contribution in [2.45, 2.75) is 38.5 Å². The summed E-state index contributed by atoms with van der Waals surface area (Å²) in [4.78, 5) is 21.4. The van der Waals surface area contributed by atoms with Gasteiger partial charge in [-0.1, -0.05) is 0 Å². The number of carbonyl (C=O) groups is 2. The number of hydrogen-bond acceptors (Lipinski definition) is 4. The third kappa shape index (κ3) is 12.4. The fraction of sp³-hybridized carbons (Fsp3) is 0.400. The van der Waals surface area contributed by atoms with Gasteiger partial charge < -0.3 is 9.47 Å². The van der Waals surface area contributed by atoms with Crippen molar-refractivity contribution in [2.75, 3.05) is 14.2 Å². The van der Waals surface area contributed by atoms with Crippen LogP contribution >= 0.6 is 0 Å². The number of hydrogen-bond donors (Lipinski definition) is 0. The zero-order chi connectivity index (χ0) is 17.6. The van der Waals surface area contributed by atoms with Crippen LogP contribution in [0.25, 0.3) is 0 Å². The van der Waals surface area contributed by atoms with E-state index < -0.39 is 0 Å². The molecule has 2 fully saturated rings. The molecule has 0 amide bonds. The zero-order valence-corrected chi connectivity index (χ0v) is 16.0. The fourth-order valence-corrected chi connectivity index (χ4v) is 2.24. The first-order chi connectivity index (χ1) is 11.7. The van der Waals surface area contributed by atoms with Crippen LogP contribution < -0.4 is 0 Å². The number of ether oxygens (including phenoxy) is 2. The number of esters is 2. The van der Waals surface area contributed by atoms with Gasteiger partial charge in [0, 0.05) is 12.8 Å². The molecule has 0 heterocycles. The molecule has 136 valence electrons. The van der Waals surface area contributed by atoms with Crippen LogP contribution in [0.3, 0.4) is 0 Å². The van der Waals surface area contributed by atoms with Gasteiger partial charge in [0.15, 0.2) is 0 Å². The average molecular weight is 386 g/mol. The van der Waals surface area contributed by atoms with Gasteiger partial charge in [-0.2, -0.15) is 0 Å². The first-order valence-corrected chi connectivity index (χ1v) is 8.20. The molecular formula is C20H26FeO4+2. The smallest absolute Gasteiger partial charge is 0.469 e. The van der Waals surface area contributed by atoms with Gasteiger partial charge in [-0.3, -0.25) is 9.59 Å². The molecule has 25 heavy (non-hydrogen) atoms. The molecule has 0 aromatic rings. The largest absolute Gasteiger partial charge is 2.00 e. The minimum atomic E-state index is -0.124. The molecule has 5 heteroatoms. The van der Waals surface area contributed by atoms with Crippen molar-refractivity contribution in [3.8, 4) is 0 Å². The van der Waals surface area contributed by atoms with Crippen molar-refractivity contribution in [3.05, 3.63) is 63.2 Å². The molecule has 0 bridgehead atoms. The van der Waals surface area contributed by atoms with Crippen LogP contribution in [0.5, 0.6) is 0 Å². The quantitative estimate of drug-likeness (QED) is 0.474. The maximum absolute atomic E-state index is 10.7. The van der Waals surface area contributed by atoms with Crippen LogP contribution in [0.15, 0.2) is 0 Å². The van der Waals surface area contributed by atoms with E-state index >= 15 is 0 Å². The molecular weight excluding hydrogens is 360 g/mol. The maximum atomic E-state index is 10.7. The minimum Gasteiger partial charge on any atom is -0.469 e. The van der Waals surface area contributed by atoms with Gasteiger partial charge in [0.1, 0.15) is 0 Å². The molecule has 0 aromatic heterocycles.